The fourth-order valence-electron chi connectivity index (χ4n) is 5.70. The third kappa shape index (κ3) is 10.4. The summed E-state index contributed by atoms with van der Waals surface area (Å²) in [5, 5.41) is 43.3. The van der Waals surface area contributed by atoms with E-state index in [-0.39, 0.29) is 11.9 Å². The number of likely N-dealkylation sites (tertiary alicyclic amines) is 2. The second-order valence-corrected chi connectivity index (χ2v) is 12.3. The van der Waals surface area contributed by atoms with Crippen LogP contribution in [0, 0.1) is 18.7 Å². The number of carboxylic acids is 3. The maximum absolute atomic E-state index is 13.3. The molecular formula is C32H42ClFN2O9. The van der Waals surface area contributed by atoms with Crippen molar-refractivity contribution >= 4 is 29.5 Å². The van der Waals surface area contributed by atoms with Crippen molar-refractivity contribution in [2.24, 2.45) is 5.92 Å². The Morgan fingerprint density at radius 3 is 1.98 bits per heavy atom. The van der Waals surface area contributed by atoms with E-state index in [9.17, 15) is 23.9 Å². The second kappa shape index (κ2) is 16.3. The van der Waals surface area contributed by atoms with Gasteiger partial charge in [-0.25, -0.2) is 14.0 Å². The molecule has 0 spiro atoms. The van der Waals surface area contributed by atoms with Gasteiger partial charge in [-0.1, -0.05) is 23.7 Å². The summed E-state index contributed by atoms with van der Waals surface area (Å²) in [5.74, 6) is -3.17. The van der Waals surface area contributed by atoms with Crippen LogP contribution in [0.25, 0.3) is 0 Å². The normalized spacial score (nSPS) is 19.4. The third-order valence-electron chi connectivity index (χ3n) is 8.52. The smallest absolute Gasteiger partial charge is 0.335 e. The molecule has 2 fully saturated rings. The Labute approximate surface area is 266 Å². The molecule has 3 atom stereocenters. The van der Waals surface area contributed by atoms with Crippen LogP contribution in [0.4, 0.5) is 4.39 Å². The van der Waals surface area contributed by atoms with E-state index < -0.39 is 35.7 Å². The van der Waals surface area contributed by atoms with E-state index in [4.69, 9.17) is 36.8 Å². The lowest BCUT2D eigenvalue weighted by molar-refractivity contribution is -0.165. The van der Waals surface area contributed by atoms with Gasteiger partial charge in [-0.05, 0) is 100.0 Å². The number of hydrogen-bond donors (Lipinski definition) is 5. The molecule has 13 heteroatoms. The zero-order valence-corrected chi connectivity index (χ0v) is 26.2. The number of carboxylic acid groups (broad SMARTS) is 3. The fourth-order valence-corrected chi connectivity index (χ4v) is 5.93. The number of piperidine rings is 2. The van der Waals surface area contributed by atoms with Crippen molar-refractivity contribution in [3.05, 3.63) is 64.4 Å². The largest absolute Gasteiger partial charge is 0.490 e. The molecule has 2 aliphatic heterocycles. The first-order chi connectivity index (χ1) is 21.2. The van der Waals surface area contributed by atoms with Gasteiger partial charge in [0.2, 0.25) is 0 Å². The van der Waals surface area contributed by atoms with Gasteiger partial charge >= 0.3 is 17.9 Å². The first kappa shape index (κ1) is 36.2. The zero-order valence-electron chi connectivity index (χ0n) is 25.4. The van der Waals surface area contributed by atoms with Gasteiger partial charge in [0.15, 0.2) is 12.2 Å². The van der Waals surface area contributed by atoms with E-state index >= 15 is 0 Å². The van der Waals surface area contributed by atoms with Gasteiger partial charge in [0.05, 0.1) is 0 Å². The van der Waals surface area contributed by atoms with Crippen molar-refractivity contribution < 1.29 is 49.0 Å². The number of aliphatic hydroxyl groups excluding tert-OH is 2. The first-order valence-corrected chi connectivity index (χ1v) is 15.3. The van der Waals surface area contributed by atoms with Crippen LogP contribution < -0.4 is 4.74 Å². The minimum atomic E-state index is -2.27. The highest BCUT2D eigenvalue weighted by atomic mass is 35.5. The molecule has 0 aliphatic carbocycles. The molecule has 0 bridgehead atoms. The minimum Gasteiger partial charge on any atom is -0.490 e. The summed E-state index contributed by atoms with van der Waals surface area (Å²) in [5.41, 5.74) is 0.926. The zero-order chi connectivity index (χ0) is 33.3. The number of rotatable bonds is 11. The molecule has 0 radical (unpaired) electrons. The predicted octanol–water partition coefficient (Wildman–Crippen LogP) is 3.31. The van der Waals surface area contributed by atoms with Crippen molar-refractivity contribution in [2.45, 2.75) is 69.8 Å². The lowest BCUT2D eigenvalue weighted by Crippen LogP contribution is -2.57. The molecule has 0 unspecified atom stereocenters. The quantitative estimate of drug-likeness (QED) is 0.242. The summed E-state index contributed by atoms with van der Waals surface area (Å²) in [6, 6.07) is 11.9. The molecule has 4 rings (SSSR count). The highest BCUT2D eigenvalue weighted by Crippen LogP contribution is 2.30. The summed E-state index contributed by atoms with van der Waals surface area (Å²) in [7, 11) is 0. The summed E-state index contributed by atoms with van der Waals surface area (Å²) in [6.45, 7) is 8.46. The average Bonchev–Trinajstić information content (AvgIpc) is 3.00. The molecule has 2 heterocycles. The van der Waals surface area contributed by atoms with Crippen LogP contribution in [0.1, 0.15) is 43.7 Å². The topological polar surface area (TPSA) is 168 Å². The summed E-state index contributed by atoms with van der Waals surface area (Å²) < 4.78 is 19.5. The molecule has 0 amide bonds. The van der Waals surface area contributed by atoms with E-state index in [1.165, 1.54) is 12.1 Å². The highest BCUT2D eigenvalue weighted by Gasteiger charge is 2.41. The van der Waals surface area contributed by atoms with Crippen molar-refractivity contribution in [3.8, 4) is 5.75 Å². The van der Waals surface area contributed by atoms with Gasteiger partial charge in [0.25, 0.3) is 0 Å². The highest BCUT2D eigenvalue weighted by molar-refractivity contribution is 6.30. The third-order valence-corrected chi connectivity index (χ3v) is 8.76. The summed E-state index contributed by atoms with van der Waals surface area (Å²) in [4.78, 5) is 36.4. The number of halogens is 2. The molecule has 2 aliphatic rings. The van der Waals surface area contributed by atoms with Crippen LogP contribution in [-0.4, -0.2) is 110 Å². The van der Waals surface area contributed by atoms with Crippen LogP contribution >= 0.6 is 11.6 Å². The Bertz CT molecular complexity index is 1280. The Balaban J connectivity index is 0.000000477. The molecule has 0 aromatic heterocycles. The molecule has 2 saturated heterocycles. The first-order valence-electron chi connectivity index (χ1n) is 14.9. The molecule has 0 saturated carbocycles. The van der Waals surface area contributed by atoms with Crippen LogP contribution in [0.3, 0.4) is 0 Å². The maximum Gasteiger partial charge on any atom is 0.335 e. The summed E-state index contributed by atoms with van der Waals surface area (Å²) >= 11 is 6.06. The Morgan fingerprint density at radius 2 is 1.49 bits per heavy atom. The Hall–Kier alpha value is -3.29. The lowest BCUT2D eigenvalue weighted by Gasteiger charge is -2.43. The number of hydrogen-bond acceptors (Lipinski definition) is 8. The number of aryl methyl sites for hydroxylation is 1. The molecule has 2 aromatic carbocycles. The molecule has 5 N–H and O–H groups in total. The number of ether oxygens (including phenoxy) is 1. The Kier molecular flexibility index (Phi) is 13.1. The minimum absolute atomic E-state index is 0.232. The predicted molar refractivity (Wildman–Crippen MR) is 164 cm³/mol. The van der Waals surface area contributed by atoms with E-state index in [0.717, 1.165) is 80.3 Å². The van der Waals surface area contributed by atoms with Crippen molar-refractivity contribution in [1.82, 2.24) is 9.80 Å². The SMILES string of the molecule is Cc1cc(Cl)ccc1OC1CCN(CC2CCN([C@@](C)(Cc3ccc(F)cc3)C(=O)O)CC2)CC1.O=C(O)[C@H](O)[C@@H](O)C(=O)O. The van der Waals surface area contributed by atoms with Crippen LogP contribution in [0.5, 0.6) is 5.75 Å². The van der Waals surface area contributed by atoms with Crippen LogP contribution in [0.2, 0.25) is 5.02 Å². The van der Waals surface area contributed by atoms with Gasteiger partial charge in [-0.15, -0.1) is 0 Å². The molecule has 11 nitrogen and oxygen atoms in total. The van der Waals surface area contributed by atoms with E-state index in [1.54, 1.807) is 19.1 Å². The summed E-state index contributed by atoms with van der Waals surface area (Å²) in [6.07, 6.45) is 0.0733. The Morgan fingerprint density at radius 1 is 0.933 bits per heavy atom. The van der Waals surface area contributed by atoms with Gasteiger partial charge in [-0.2, -0.15) is 0 Å². The monoisotopic (exact) mass is 652 g/mol. The molecule has 45 heavy (non-hydrogen) atoms. The van der Waals surface area contributed by atoms with E-state index in [2.05, 4.69) is 9.80 Å². The van der Waals surface area contributed by atoms with Gasteiger partial charge < -0.3 is 35.2 Å². The molecule has 248 valence electrons. The van der Waals surface area contributed by atoms with Crippen molar-refractivity contribution in [2.75, 3.05) is 32.7 Å². The van der Waals surface area contributed by atoms with Crippen LogP contribution in [-0.2, 0) is 20.8 Å². The fraction of sp³-hybridized carbons (Fsp3) is 0.531. The van der Waals surface area contributed by atoms with Gasteiger partial charge in [0, 0.05) is 31.1 Å². The van der Waals surface area contributed by atoms with E-state index in [0.29, 0.717) is 12.3 Å². The number of aliphatic hydroxyl groups is 2. The average molecular weight is 653 g/mol. The van der Waals surface area contributed by atoms with E-state index in [1.807, 2.05) is 25.1 Å². The van der Waals surface area contributed by atoms with Gasteiger partial charge in [0.1, 0.15) is 23.2 Å². The lowest BCUT2D eigenvalue weighted by atomic mass is 9.86. The standard InChI is InChI=1S/C28H36ClFN2O3.C4H6O6/c1-20-17-23(29)5-8-26(20)35-25-11-13-31(14-12-25)19-22-9-15-32(16-10-22)28(2,27(33)34)18-21-3-6-24(30)7-4-21;5-1(3(7)8)2(6)4(9)10/h3-8,17,22,25H,9-16,18-19H2,1-2H3,(H,33,34);1-2,5-6H,(H,7,8)(H,9,10)/t28-;1-,2-/m01/s1. The number of carbonyl (C=O) groups is 3. The molecular weight excluding hydrogens is 611 g/mol. The van der Waals surface area contributed by atoms with Crippen LogP contribution in [0.15, 0.2) is 42.5 Å². The number of benzene rings is 2. The number of aliphatic carboxylic acids is 3. The van der Waals surface area contributed by atoms with Crippen molar-refractivity contribution in [1.29, 1.82) is 0 Å². The molecule has 2 aromatic rings. The maximum atomic E-state index is 13.3. The van der Waals surface area contributed by atoms with Gasteiger partial charge in [-0.3, -0.25) is 9.69 Å². The number of nitrogens with zero attached hydrogens (tertiary/aromatic N) is 2. The van der Waals surface area contributed by atoms with Crippen molar-refractivity contribution in [3.63, 3.8) is 0 Å². The second-order valence-electron chi connectivity index (χ2n) is 11.9.